The van der Waals surface area contributed by atoms with E-state index in [0.717, 1.165) is 14.8 Å². The molecule has 4 nitrogen and oxygen atoms in total. The maximum atomic E-state index is 10.3. The molecule has 1 rings (SSSR count). The zero-order chi connectivity index (χ0) is 12.0. The maximum absolute atomic E-state index is 10.3. The van der Waals surface area contributed by atoms with Crippen LogP contribution in [-0.4, -0.2) is 11.8 Å². The molecule has 0 atom stereocenters. The number of nitrogens with zero attached hydrogens (tertiary/aromatic N) is 2. The van der Waals surface area contributed by atoms with E-state index in [-0.39, 0.29) is 0 Å². The van der Waals surface area contributed by atoms with Crippen LogP contribution in [0.4, 0.5) is 5.69 Å². The number of benzene rings is 1. The molecule has 1 aromatic carbocycles. The van der Waals surface area contributed by atoms with Crippen molar-refractivity contribution in [3.8, 4) is 0 Å². The Balaban J connectivity index is 2.92. The molecule has 0 saturated carbocycles. The second kappa shape index (κ2) is 6.40. The summed E-state index contributed by atoms with van der Waals surface area (Å²) < 4.78 is 0.984. The van der Waals surface area contributed by atoms with Crippen LogP contribution in [0.3, 0.4) is 0 Å². The van der Waals surface area contributed by atoms with Gasteiger partial charge in [-0.25, -0.2) is 4.79 Å². The molecule has 5 heteroatoms. The van der Waals surface area contributed by atoms with E-state index in [2.05, 4.69) is 32.7 Å². The highest BCUT2D eigenvalue weighted by Crippen LogP contribution is 2.24. The smallest absolute Gasteiger partial charge is 0.240 e. The summed E-state index contributed by atoms with van der Waals surface area (Å²) >= 11 is 2.16. The van der Waals surface area contributed by atoms with E-state index in [0.29, 0.717) is 12.3 Å². The van der Waals surface area contributed by atoms with Crippen LogP contribution in [0.1, 0.15) is 19.4 Å². The van der Waals surface area contributed by atoms with Crippen molar-refractivity contribution >= 4 is 40.1 Å². The Labute approximate surface area is 108 Å². The molecule has 84 valence electrons. The van der Waals surface area contributed by atoms with E-state index < -0.39 is 0 Å². The maximum Gasteiger partial charge on any atom is 0.240 e. The fraction of sp³-hybridized carbons (Fsp3) is 0.273. The molecule has 0 heterocycles. The quantitative estimate of drug-likeness (QED) is 0.368. The highest BCUT2D eigenvalue weighted by atomic mass is 127. The van der Waals surface area contributed by atoms with Crippen LogP contribution >= 0.6 is 22.6 Å². The van der Waals surface area contributed by atoms with Crippen LogP contribution in [-0.2, 0) is 16.2 Å². The highest BCUT2D eigenvalue weighted by molar-refractivity contribution is 14.1. The molecule has 0 aliphatic heterocycles. The van der Waals surface area contributed by atoms with Crippen molar-refractivity contribution in [1.29, 1.82) is 0 Å². The van der Waals surface area contributed by atoms with Crippen LogP contribution in [0.25, 0.3) is 0 Å². The van der Waals surface area contributed by atoms with Gasteiger partial charge in [0.25, 0.3) is 0 Å². The average Bonchev–Trinajstić information content (AvgIpc) is 2.22. The first-order valence-corrected chi connectivity index (χ1v) is 5.71. The van der Waals surface area contributed by atoms with Crippen molar-refractivity contribution in [2.24, 2.45) is 10.1 Å². The van der Waals surface area contributed by atoms with Gasteiger partial charge < -0.3 is 4.84 Å². The summed E-state index contributed by atoms with van der Waals surface area (Å²) in [6, 6.07) is 5.50. The minimum absolute atomic E-state index is 0.296. The first-order chi connectivity index (χ1) is 7.65. The van der Waals surface area contributed by atoms with Crippen LogP contribution in [0.15, 0.2) is 28.3 Å². The van der Waals surface area contributed by atoms with E-state index in [1.165, 1.54) is 6.08 Å². The lowest BCUT2D eigenvalue weighted by molar-refractivity contribution is 0.130. The van der Waals surface area contributed by atoms with Gasteiger partial charge in [-0.15, -0.1) is 0 Å². The van der Waals surface area contributed by atoms with Crippen molar-refractivity contribution in [2.75, 3.05) is 0 Å². The van der Waals surface area contributed by atoms with Gasteiger partial charge in [0.2, 0.25) is 6.08 Å². The summed E-state index contributed by atoms with van der Waals surface area (Å²) in [6.45, 7) is 3.99. The molecule has 0 amide bonds. The summed E-state index contributed by atoms with van der Waals surface area (Å²) in [7, 11) is 0. The molecule has 0 fully saturated rings. The van der Waals surface area contributed by atoms with Crippen LogP contribution in [0.2, 0.25) is 0 Å². The van der Waals surface area contributed by atoms with Gasteiger partial charge in [0.1, 0.15) is 6.61 Å². The molecule has 0 bridgehead atoms. The van der Waals surface area contributed by atoms with Crippen molar-refractivity contribution < 1.29 is 9.63 Å². The van der Waals surface area contributed by atoms with Crippen LogP contribution in [0, 0.1) is 3.57 Å². The second-order valence-corrected chi connectivity index (χ2v) is 4.41. The average molecular weight is 330 g/mol. The number of hydrogen-bond acceptors (Lipinski definition) is 4. The van der Waals surface area contributed by atoms with E-state index in [9.17, 15) is 4.79 Å². The van der Waals surface area contributed by atoms with Gasteiger partial charge >= 0.3 is 0 Å². The molecule has 0 radical (unpaired) electrons. The van der Waals surface area contributed by atoms with E-state index >= 15 is 0 Å². The number of isocyanates is 1. The summed E-state index contributed by atoms with van der Waals surface area (Å²) in [5, 5.41) is 3.84. The Kier molecular flexibility index (Phi) is 5.14. The lowest BCUT2D eigenvalue weighted by atomic mass is 10.2. The predicted octanol–water partition coefficient (Wildman–Crippen LogP) is 3.17. The monoisotopic (exact) mass is 330 g/mol. The van der Waals surface area contributed by atoms with Gasteiger partial charge in [-0.2, -0.15) is 4.99 Å². The predicted molar refractivity (Wildman–Crippen MR) is 70.5 cm³/mol. The van der Waals surface area contributed by atoms with Gasteiger partial charge in [-0.05, 0) is 48.6 Å². The molecule has 0 unspecified atom stereocenters. The molecule has 0 N–H and O–H groups in total. The summed E-state index contributed by atoms with van der Waals surface area (Å²) in [5.74, 6) is 0. The molecule has 16 heavy (non-hydrogen) atoms. The largest absolute Gasteiger partial charge is 0.391 e. The Morgan fingerprint density at radius 3 is 2.88 bits per heavy atom. The third-order valence-corrected chi connectivity index (χ3v) is 2.73. The number of aliphatic imine (C=N–C) groups is 1. The first-order valence-electron chi connectivity index (χ1n) is 4.63. The summed E-state index contributed by atoms with van der Waals surface area (Å²) in [5.41, 5.74) is 2.26. The molecule has 0 aromatic heterocycles. The second-order valence-electron chi connectivity index (χ2n) is 3.25. The molecule has 0 aliphatic rings. The molecule has 0 spiro atoms. The van der Waals surface area contributed by atoms with Crippen molar-refractivity contribution in [2.45, 2.75) is 20.5 Å². The van der Waals surface area contributed by atoms with Gasteiger partial charge in [0.05, 0.1) is 11.4 Å². The minimum atomic E-state index is 0.296. The number of oxime groups is 1. The van der Waals surface area contributed by atoms with Gasteiger partial charge in [-0.1, -0.05) is 11.2 Å². The van der Waals surface area contributed by atoms with Crippen molar-refractivity contribution in [1.82, 2.24) is 0 Å². The van der Waals surface area contributed by atoms with Crippen LogP contribution < -0.4 is 0 Å². The standard InChI is InChI=1S/C11H11IN2O2/c1-8(2)14-16-6-9-10(12)4-3-5-11(9)13-7-15/h3-5H,6H2,1-2H3. The molecule has 1 aromatic rings. The van der Waals surface area contributed by atoms with Crippen molar-refractivity contribution in [3.05, 3.63) is 27.3 Å². The van der Waals surface area contributed by atoms with Gasteiger partial charge in [0, 0.05) is 9.13 Å². The Bertz CT molecular complexity index is 447. The number of halogens is 1. The van der Waals surface area contributed by atoms with E-state index in [1.807, 2.05) is 26.0 Å². The SMILES string of the molecule is CC(C)=NOCc1c(I)cccc1N=C=O. The summed E-state index contributed by atoms with van der Waals surface area (Å²) in [4.78, 5) is 19.0. The zero-order valence-corrected chi connectivity index (χ0v) is 11.2. The fourth-order valence-electron chi connectivity index (χ4n) is 1.07. The third-order valence-electron chi connectivity index (χ3n) is 1.72. The van der Waals surface area contributed by atoms with Gasteiger partial charge in [0.15, 0.2) is 0 Å². The number of rotatable bonds is 4. The highest BCUT2D eigenvalue weighted by Gasteiger charge is 2.06. The molecule has 0 saturated heterocycles. The number of hydrogen-bond donors (Lipinski definition) is 0. The van der Waals surface area contributed by atoms with E-state index in [1.54, 1.807) is 6.07 Å². The number of carbonyl (C=O) groups excluding carboxylic acids is 1. The Morgan fingerprint density at radius 2 is 2.25 bits per heavy atom. The van der Waals surface area contributed by atoms with Crippen molar-refractivity contribution in [3.63, 3.8) is 0 Å². The first kappa shape index (κ1) is 12.9. The molecule has 0 aliphatic carbocycles. The normalized spacial score (nSPS) is 9.19. The topological polar surface area (TPSA) is 51.0 Å². The lowest BCUT2D eigenvalue weighted by Crippen LogP contribution is -1.93. The zero-order valence-electron chi connectivity index (χ0n) is 9.03. The molecular weight excluding hydrogens is 319 g/mol. The third kappa shape index (κ3) is 3.75. The van der Waals surface area contributed by atoms with E-state index in [4.69, 9.17) is 4.84 Å². The minimum Gasteiger partial charge on any atom is -0.391 e. The Hall–Kier alpha value is -1.20. The van der Waals surface area contributed by atoms with Crippen LogP contribution in [0.5, 0.6) is 0 Å². The lowest BCUT2D eigenvalue weighted by Gasteiger charge is -2.05. The summed E-state index contributed by atoms with van der Waals surface area (Å²) in [6.07, 6.45) is 1.53. The Morgan fingerprint density at radius 1 is 1.50 bits per heavy atom. The fourth-order valence-corrected chi connectivity index (χ4v) is 1.71. The van der Waals surface area contributed by atoms with Gasteiger partial charge in [-0.3, -0.25) is 0 Å². The molecular formula is C11H11IN2O2.